The van der Waals surface area contributed by atoms with E-state index in [0.717, 1.165) is 5.56 Å². The maximum atomic E-state index is 12.2. The molecule has 1 aromatic heterocycles. The van der Waals surface area contributed by atoms with Gasteiger partial charge >= 0.3 is 6.03 Å². The van der Waals surface area contributed by atoms with Gasteiger partial charge in [0.25, 0.3) is 0 Å². The van der Waals surface area contributed by atoms with E-state index in [1.54, 1.807) is 23.2 Å². The molecule has 21 heavy (non-hydrogen) atoms. The monoisotopic (exact) mass is 307 g/mol. The Bertz CT molecular complexity index is 621. The number of urea groups is 1. The second-order valence-electron chi connectivity index (χ2n) is 4.61. The highest BCUT2D eigenvalue weighted by Crippen LogP contribution is 2.28. The molecule has 1 aromatic carbocycles. The fourth-order valence-corrected chi connectivity index (χ4v) is 2.23. The third-order valence-corrected chi connectivity index (χ3v) is 3.50. The Morgan fingerprint density at radius 3 is 2.67 bits per heavy atom. The number of benzene rings is 1. The van der Waals surface area contributed by atoms with Gasteiger partial charge in [-0.3, -0.25) is 5.32 Å². The highest BCUT2D eigenvalue weighted by atomic mass is 35.5. The van der Waals surface area contributed by atoms with Gasteiger partial charge < -0.3 is 14.2 Å². The highest BCUT2D eigenvalue weighted by molar-refractivity contribution is 6.30. The number of carbonyl (C=O) groups is 1. The van der Waals surface area contributed by atoms with Crippen LogP contribution in [0.2, 0.25) is 5.02 Å². The van der Waals surface area contributed by atoms with Crippen molar-refractivity contribution < 1.29 is 14.1 Å². The van der Waals surface area contributed by atoms with Crippen molar-refractivity contribution in [1.29, 1.82) is 0 Å². The van der Waals surface area contributed by atoms with E-state index in [-0.39, 0.29) is 6.03 Å². The molecule has 1 aliphatic heterocycles. The number of hydrogen-bond acceptors (Lipinski definition) is 4. The van der Waals surface area contributed by atoms with Crippen LogP contribution < -0.4 is 5.32 Å². The molecule has 0 unspecified atom stereocenters. The molecule has 0 spiro atoms. The Balaban J connectivity index is 1.76. The predicted molar refractivity (Wildman–Crippen MR) is 78.4 cm³/mol. The summed E-state index contributed by atoms with van der Waals surface area (Å²) in [4.78, 5) is 13.8. The number of nitrogens with zero attached hydrogens (tertiary/aromatic N) is 2. The van der Waals surface area contributed by atoms with Gasteiger partial charge in [0, 0.05) is 18.1 Å². The molecule has 7 heteroatoms. The first-order chi connectivity index (χ1) is 10.2. The van der Waals surface area contributed by atoms with Crippen molar-refractivity contribution in [3.8, 4) is 11.1 Å². The first kappa shape index (κ1) is 13.9. The number of anilines is 1. The molecule has 2 amide bonds. The molecule has 2 aromatic rings. The van der Waals surface area contributed by atoms with Gasteiger partial charge in [-0.2, -0.15) is 0 Å². The lowest BCUT2D eigenvalue weighted by molar-refractivity contribution is 0.0563. The van der Waals surface area contributed by atoms with Crippen LogP contribution in [-0.4, -0.2) is 42.4 Å². The fraction of sp³-hybridized carbons (Fsp3) is 0.286. The first-order valence-corrected chi connectivity index (χ1v) is 6.96. The first-order valence-electron chi connectivity index (χ1n) is 6.58. The molecule has 2 heterocycles. The van der Waals surface area contributed by atoms with Gasteiger partial charge in [-0.15, -0.1) is 0 Å². The van der Waals surface area contributed by atoms with E-state index in [9.17, 15) is 4.79 Å². The van der Waals surface area contributed by atoms with E-state index < -0.39 is 0 Å². The van der Waals surface area contributed by atoms with Crippen molar-refractivity contribution in [2.24, 2.45) is 0 Å². The topological polar surface area (TPSA) is 67.6 Å². The number of carbonyl (C=O) groups excluding carboxylic acids is 1. The summed E-state index contributed by atoms with van der Waals surface area (Å²) in [6, 6.07) is 7.03. The quantitative estimate of drug-likeness (QED) is 0.926. The SMILES string of the molecule is O=C(Nc1oncc1-c1ccc(Cl)cc1)N1CCOCC1. The normalized spacial score (nSPS) is 15.0. The Labute approximate surface area is 126 Å². The lowest BCUT2D eigenvalue weighted by Crippen LogP contribution is -2.43. The van der Waals surface area contributed by atoms with Gasteiger partial charge in [0.05, 0.1) is 25.0 Å². The lowest BCUT2D eigenvalue weighted by Gasteiger charge is -2.26. The van der Waals surface area contributed by atoms with Gasteiger partial charge in [-0.1, -0.05) is 28.9 Å². The summed E-state index contributed by atoms with van der Waals surface area (Å²) in [6.45, 7) is 2.23. The molecule has 3 rings (SSSR count). The summed E-state index contributed by atoms with van der Waals surface area (Å²) < 4.78 is 10.4. The average molecular weight is 308 g/mol. The van der Waals surface area contributed by atoms with E-state index in [1.807, 2.05) is 12.1 Å². The number of nitrogens with one attached hydrogen (secondary N) is 1. The van der Waals surface area contributed by atoms with Crippen molar-refractivity contribution >= 4 is 23.5 Å². The van der Waals surface area contributed by atoms with Crippen molar-refractivity contribution in [2.75, 3.05) is 31.6 Å². The molecule has 6 nitrogen and oxygen atoms in total. The van der Waals surface area contributed by atoms with Crippen LogP contribution in [0.25, 0.3) is 11.1 Å². The van der Waals surface area contributed by atoms with Crippen LogP contribution in [0.5, 0.6) is 0 Å². The highest BCUT2D eigenvalue weighted by Gasteiger charge is 2.20. The standard InChI is InChI=1S/C14H14ClN3O3/c15-11-3-1-10(2-4-11)12-9-16-21-13(12)17-14(19)18-5-7-20-8-6-18/h1-4,9H,5-8H2,(H,17,19). The second kappa shape index (κ2) is 6.15. The molecule has 110 valence electrons. The second-order valence-corrected chi connectivity index (χ2v) is 5.04. The smallest absolute Gasteiger partial charge is 0.324 e. The molecule has 0 saturated carbocycles. The molecule has 1 fully saturated rings. The summed E-state index contributed by atoms with van der Waals surface area (Å²) in [7, 11) is 0. The zero-order valence-electron chi connectivity index (χ0n) is 11.2. The minimum absolute atomic E-state index is 0.217. The number of aromatic nitrogens is 1. The predicted octanol–water partition coefficient (Wildman–Crippen LogP) is 2.86. The molecular weight excluding hydrogens is 294 g/mol. The molecule has 1 aliphatic rings. The largest absolute Gasteiger partial charge is 0.378 e. The molecule has 0 radical (unpaired) electrons. The number of morpholine rings is 1. The maximum Gasteiger partial charge on any atom is 0.324 e. The average Bonchev–Trinajstić information content (AvgIpc) is 2.97. The van der Waals surface area contributed by atoms with Crippen LogP contribution in [0.4, 0.5) is 10.7 Å². The molecule has 0 aliphatic carbocycles. The molecule has 0 bridgehead atoms. The zero-order valence-corrected chi connectivity index (χ0v) is 12.0. The number of rotatable bonds is 2. The molecule has 1 N–H and O–H groups in total. The number of hydrogen-bond donors (Lipinski definition) is 1. The summed E-state index contributed by atoms with van der Waals surface area (Å²) >= 11 is 5.87. The van der Waals surface area contributed by atoms with E-state index >= 15 is 0 Å². The zero-order chi connectivity index (χ0) is 14.7. The summed E-state index contributed by atoms with van der Waals surface area (Å²) in [5.74, 6) is 0.328. The summed E-state index contributed by atoms with van der Waals surface area (Å²) in [5.41, 5.74) is 1.59. The summed E-state index contributed by atoms with van der Waals surface area (Å²) in [5, 5.41) is 7.14. The van der Waals surface area contributed by atoms with E-state index in [0.29, 0.717) is 42.8 Å². The number of ether oxygens (including phenoxy) is 1. The van der Waals surface area contributed by atoms with Gasteiger partial charge in [0.2, 0.25) is 5.88 Å². The van der Waals surface area contributed by atoms with Crippen molar-refractivity contribution in [1.82, 2.24) is 10.1 Å². The molecule has 1 saturated heterocycles. The minimum Gasteiger partial charge on any atom is -0.378 e. The van der Waals surface area contributed by atoms with E-state index in [4.69, 9.17) is 20.9 Å². The van der Waals surface area contributed by atoms with Crippen LogP contribution in [0.3, 0.4) is 0 Å². The van der Waals surface area contributed by atoms with Crippen molar-refractivity contribution in [3.63, 3.8) is 0 Å². The third-order valence-electron chi connectivity index (χ3n) is 3.24. The van der Waals surface area contributed by atoms with Crippen LogP contribution in [0.1, 0.15) is 0 Å². The minimum atomic E-state index is -0.217. The Morgan fingerprint density at radius 2 is 1.95 bits per heavy atom. The van der Waals surface area contributed by atoms with Crippen LogP contribution in [-0.2, 0) is 4.74 Å². The molecular formula is C14H14ClN3O3. The van der Waals surface area contributed by atoms with Gasteiger partial charge in [0.1, 0.15) is 0 Å². The maximum absolute atomic E-state index is 12.2. The van der Waals surface area contributed by atoms with Gasteiger partial charge in [-0.25, -0.2) is 4.79 Å². The van der Waals surface area contributed by atoms with Gasteiger partial charge in [-0.05, 0) is 17.7 Å². The Kier molecular flexibility index (Phi) is 4.08. The molecule has 0 atom stereocenters. The van der Waals surface area contributed by atoms with Crippen LogP contribution in [0, 0.1) is 0 Å². The van der Waals surface area contributed by atoms with Crippen molar-refractivity contribution in [3.05, 3.63) is 35.5 Å². The number of halogens is 1. The van der Waals surface area contributed by atoms with Crippen LogP contribution in [0.15, 0.2) is 35.0 Å². The van der Waals surface area contributed by atoms with E-state index in [2.05, 4.69) is 10.5 Å². The lowest BCUT2D eigenvalue weighted by atomic mass is 10.1. The van der Waals surface area contributed by atoms with Crippen LogP contribution >= 0.6 is 11.6 Å². The van der Waals surface area contributed by atoms with Crippen molar-refractivity contribution in [2.45, 2.75) is 0 Å². The summed E-state index contributed by atoms with van der Waals surface area (Å²) in [6.07, 6.45) is 1.57. The third kappa shape index (κ3) is 3.17. The number of amides is 2. The Morgan fingerprint density at radius 1 is 1.24 bits per heavy atom. The Hall–Kier alpha value is -2.05. The fourth-order valence-electron chi connectivity index (χ4n) is 2.11. The van der Waals surface area contributed by atoms with Gasteiger partial charge in [0.15, 0.2) is 0 Å². The van der Waals surface area contributed by atoms with E-state index in [1.165, 1.54) is 0 Å².